The van der Waals surface area contributed by atoms with Crippen molar-refractivity contribution in [2.24, 2.45) is 5.92 Å². The number of ether oxygens (including phenoxy) is 1. The minimum Gasteiger partial charge on any atom is -0.366 e. The molecule has 154 valence electrons. The third-order valence-electron chi connectivity index (χ3n) is 7.49. The van der Waals surface area contributed by atoms with Crippen LogP contribution < -0.4 is 0 Å². The van der Waals surface area contributed by atoms with E-state index >= 15 is 0 Å². The van der Waals surface area contributed by atoms with Gasteiger partial charge in [-0.3, -0.25) is 0 Å². The van der Waals surface area contributed by atoms with Gasteiger partial charge < -0.3 is 9.64 Å². The van der Waals surface area contributed by atoms with Gasteiger partial charge in [-0.2, -0.15) is 0 Å². The Morgan fingerprint density at radius 1 is 0.964 bits per heavy atom. The molecule has 2 aliphatic carbocycles. The average Bonchev–Trinajstić information content (AvgIpc) is 3.28. The number of allylic oxidation sites excluding steroid dienone is 1. The summed E-state index contributed by atoms with van der Waals surface area (Å²) in [6, 6.07) is 11.3. The number of hydrogen-bond donors (Lipinski definition) is 0. The Labute approximate surface area is 172 Å². The third kappa shape index (κ3) is 4.71. The molecule has 1 aromatic rings. The predicted molar refractivity (Wildman–Crippen MR) is 117 cm³/mol. The van der Waals surface area contributed by atoms with Crippen molar-refractivity contribution < 1.29 is 4.74 Å². The van der Waals surface area contributed by atoms with Crippen molar-refractivity contribution in [2.75, 3.05) is 19.6 Å². The molecule has 0 spiro atoms. The molecule has 0 radical (unpaired) electrons. The van der Waals surface area contributed by atoms with Crippen molar-refractivity contribution >= 4 is 0 Å². The maximum Gasteiger partial charge on any atom is 0.0975 e. The summed E-state index contributed by atoms with van der Waals surface area (Å²) < 4.78 is 7.24. The van der Waals surface area contributed by atoms with Crippen molar-refractivity contribution in [3.05, 3.63) is 47.5 Å². The maximum atomic E-state index is 7.24. The van der Waals surface area contributed by atoms with Crippen LogP contribution in [0.1, 0.15) is 83.1 Å². The van der Waals surface area contributed by atoms with Gasteiger partial charge in [-0.25, -0.2) is 0 Å². The van der Waals surface area contributed by atoms with Crippen LogP contribution in [-0.2, 0) is 10.3 Å². The number of likely N-dealkylation sites (tertiary alicyclic amines) is 1. The monoisotopic (exact) mass is 381 g/mol. The first kappa shape index (κ1) is 20.2. The zero-order valence-corrected chi connectivity index (χ0v) is 17.9. The van der Waals surface area contributed by atoms with E-state index in [0.29, 0.717) is 12.0 Å². The highest BCUT2D eigenvalue weighted by Gasteiger charge is 2.43. The molecule has 2 nitrogen and oxygen atoms in total. The van der Waals surface area contributed by atoms with E-state index in [2.05, 4.69) is 48.2 Å². The molecule has 1 saturated heterocycles. The topological polar surface area (TPSA) is 12.5 Å². The van der Waals surface area contributed by atoms with Crippen LogP contribution in [0.2, 0.25) is 0 Å². The molecule has 4 rings (SSSR count). The van der Waals surface area contributed by atoms with Crippen LogP contribution in [0, 0.1) is 5.92 Å². The second-order valence-electron chi connectivity index (χ2n) is 9.45. The van der Waals surface area contributed by atoms with Crippen molar-refractivity contribution in [1.82, 2.24) is 4.90 Å². The quantitative estimate of drug-likeness (QED) is 0.502. The van der Waals surface area contributed by atoms with E-state index in [1.54, 1.807) is 5.57 Å². The van der Waals surface area contributed by atoms with Gasteiger partial charge in [0, 0.05) is 6.54 Å². The molecule has 0 aromatic heterocycles. The van der Waals surface area contributed by atoms with Crippen molar-refractivity contribution in [1.29, 1.82) is 0 Å². The van der Waals surface area contributed by atoms with Gasteiger partial charge in [0.1, 0.15) is 0 Å². The highest BCUT2D eigenvalue weighted by atomic mass is 16.5. The largest absolute Gasteiger partial charge is 0.366 e. The molecule has 3 aliphatic rings. The van der Waals surface area contributed by atoms with E-state index in [0.717, 1.165) is 12.8 Å². The van der Waals surface area contributed by atoms with Crippen LogP contribution in [-0.4, -0.2) is 30.6 Å². The lowest BCUT2D eigenvalue weighted by molar-refractivity contribution is -0.151. The Morgan fingerprint density at radius 2 is 1.71 bits per heavy atom. The van der Waals surface area contributed by atoms with Crippen LogP contribution in [0.3, 0.4) is 0 Å². The molecular formula is C26H39NO. The normalized spacial score (nSPS) is 26.8. The van der Waals surface area contributed by atoms with Gasteiger partial charge in [-0.15, -0.1) is 0 Å². The summed E-state index contributed by atoms with van der Waals surface area (Å²) in [4.78, 5) is 2.68. The zero-order chi connectivity index (χ0) is 19.2. The summed E-state index contributed by atoms with van der Waals surface area (Å²) in [5.41, 5.74) is 2.88. The molecule has 1 saturated carbocycles. The summed E-state index contributed by atoms with van der Waals surface area (Å²) in [6.45, 7) is 6.02. The van der Waals surface area contributed by atoms with E-state index in [9.17, 15) is 0 Å². The Kier molecular flexibility index (Phi) is 6.90. The van der Waals surface area contributed by atoms with Crippen molar-refractivity contribution in [2.45, 2.75) is 89.3 Å². The summed E-state index contributed by atoms with van der Waals surface area (Å²) in [5, 5.41) is 0. The molecule has 0 bridgehead atoms. The molecule has 2 heteroatoms. The first-order valence-corrected chi connectivity index (χ1v) is 11.9. The fourth-order valence-electron chi connectivity index (χ4n) is 5.77. The molecule has 1 heterocycles. The standard InChI is InChI=1S/C26H39NO/c1-22-14-16-25(17-15-22)28-26(23-10-4-2-5-11-23,24-12-6-3-7-13-24)18-21-27-19-8-9-20-27/h2,4-5,10-11,14,24-25H,3,6-9,12-13,15-21H2,1H3. The highest BCUT2D eigenvalue weighted by molar-refractivity contribution is 5.25. The molecule has 28 heavy (non-hydrogen) atoms. The first-order valence-electron chi connectivity index (χ1n) is 11.9. The number of benzene rings is 1. The lowest BCUT2D eigenvalue weighted by atomic mass is 9.71. The molecular weight excluding hydrogens is 342 g/mol. The minimum atomic E-state index is -0.103. The fourth-order valence-corrected chi connectivity index (χ4v) is 5.77. The molecule has 2 fully saturated rings. The van der Waals surface area contributed by atoms with Gasteiger partial charge in [0.2, 0.25) is 0 Å². The molecule has 0 N–H and O–H groups in total. The summed E-state index contributed by atoms with van der Waals surface area (Å²) in [6.07, 6.45) is 17.0. The Hall–Kier alpha value is -1.12. The van der Waals surface area contributed by atoms with Gasteiger partial charge in [0.15, 0.2) is 0 Å². The maximum absolute atomic E-state index is 7.24. The predicted octanol–water partition coefficient (Wildman–Crippen LogP) is 6.46. The van der Waals surface area contributed by atoms with E-state index in [-0.39, 0.29) is 5.60 Å². The molecule has 2 unspecified atom stereocenters. The van der Waals surface area contributed by atoms with Crippen LogP contribution in [0.25, 0.3) is 0 Å². The van der Waals surface area contributed by atoms with E-state index in [4.69, 9.17) is 4.74 Å². The van der Waals surface area contributed by atoms with E-state index in [1.807, 2.05) is 0 Å². The van der Waals surface area contributed by atoms with Gasteiger partial charge in [0.05, 0.1) is 11.7 Å². The number of nitrogens with zero attached hydrogens (tertiary/aromatic N) is 1. The van der Waals surface area contributed by atoms with Crippen molar-refractivity contribution in [3.8, 4) is 0 Å². The Balaban J connectivity index is 1.62. The second kappa shape index (κ2) is 9.59. The number of rotatable bonds is 7. The second-order valence-corrected chi connectivity index (χ2v) is 9.45. The highest BCUT2D eigenvalue weighted by Crippen LogP contribution is 2.46. The van der Waals surface area contributed by atoms with Gasteiger partial charge >= 0.3 is 0 Å². The average molecular weight is 382 g/mol. The first-order chi connectivity index (χ1) is 13.8. The Bertz CT molecular complexity index is 627. The van der Waals surface area contributed by atoms with Crippen LogP contribution in [0.4, 0.5) is 0 Å². The SMILES string of the molecule is CC1=CCC(OC(CCN2CCCC2)(c2ccccc2)C2CCCCC2)CC1. The summed E-state index contributed by atoms with van der Waals surface area (Å²) >= 11 is 0. The summed E-state index contributed by atoms with van der Waals surface area (Å²) in [7, 11) is 0. The van der Waals surface area contributed by atoms with Gasteiger partial charge in [0.25, 0.3) is 0 Å². The van der Waals surface area contributed by atoms with Gasteiger partial charge in [-0.1, -0.05) is 61.2 Å². The molecule has 1 aliphatic heterocycles. The zero-order valence-electron chi connectivity index (χ0n) is 17.9. The lowest BCUT2D eigenvalue weighted by Gasteiger charge is -2.46. The molecule has 2 atom stereocenters. The smallest absolute Gasteiger partial charge is 0.0975 e. The molecule has 1 aromatic carbocycles. The summed E-state index contributed by atoms with van der Waals surface area (Å²) in [5.74, 6) is 0.665. The lowest BCUT2D eigenvalue weighted by Crippen LogP contribution is -2.45. The fraction of sp³-hybridized carbons (Fsp3) is 0.692. The Morgan fingerprint density at radius 3 is 2.39 bits per heavy atom. The van der Waals surface area contributed by atoms with Gasteiger partial charge in [-0.05, 0) is 82.9 Å². The van der Waals surface area contributed by atoms with Crippen LogP contribution in [0.15, 0.2) is 42.0 Å². The van der Waals surface area contributed by atoms with E-state index < -0.39 is 0 Å². The van der Waals surface area contributed by atoms with E-state index in [1.165, 1.54) is 83.0 Å². The number of hydrogen-bond acceptors (Lipinski definition) is 2. The van der Waals surface area contributed by atoms with Crippen LogP contribution >= 0.6 is 0 Å². The van der Waals surface area contributed by atoms with Crippen molar-refractivity contribution in [3.63, 3.8) is 0 Å². The third-order valence-corrected chi connectivity index (χ3v) is 7.49. The minimum absolute atomic E-state index is 0.103. The van der Waals surface area contributed by atoms with Crippen LogP contribution in [0.5, 0.6) is 0 Å². The molecule has 0 amide bonds.